The Kier molecular flexibility index (Phi) is 15.4. The standard InChI is InChI=1S/C25H42O3/c1-2-3-4-5-6-7-8-9-10-11-12-13-14-17-25(27)28-22-15-16-23-18-20-24(26)21-19-23/h18-21,26H,2-17,22H2,1H3. The number of hydrogen-bond acceptors (Lipinski definition) is 3. The zero-order valence-electron chi connectivity index (χ0n) is 18.1. The van der Waals surface area contributed by atoms with Crippen LogP contribution in [0.15, 0.2) is 24.3 Å². The van der Waals surface area contributed by atoms with Gasteiger partial charge in [-0.2, -0.15) is 0 Å². The van der Waals surface area contributed by atoms with E-state index in [9.17, 15) is 9.90 Å². The number of ether oxygens (including phenoxy) is 1. The summed E-state index contributed by atoms with van der Waals surface area (Å²) in [7, 11) is 0. The summed E-state index contributed by atoms with van der Waals surface area (Å²) in [6.07, 6.45) is 19.4. The number of aromatic hydroxyl groups is 1. The van der Waals surface area contributed by atoms with Crippen LogP contribution in [0.4, 0.5) is 0 Å². The molecule has 0 bridgehead atoms. The SMILES string of the molecule is CCCCCCCCCCCCCCCC(=O)OCCCc1ccc(O)cc1. The Bertz CT molecular complexity index is 481. The van der Waals surface area contributed by atoms with E-state index >= 15 is 0 Å². The molecule has 1 N–H and O–H groups in total. The normalized spacial score (nSPS) is 10.9. The second-order valence-corrected chi connectivity index (χ2v) is 7.98. The molecule has 28 heavy (non-hydrogen) atoms. The van der Waals surface area contributed by atoms with Crippen molar-refractivity contribution in [1.82, 2.24) is 0 Å². The third-order valence-electron chi connectivity index (χ3n) is 5.29. The molecule has 0 spiro atoms. The van der Waals surface area contributed by atoms with E-state index in [0.717, 1.165) is 31.2 Å². The van der Waals surface area contributed by atoms with E-state index < -0.39 is 0 Å². The predicted molar refractivity (Wildman–Crippen MR) is 118 cm³/mol. The number of benzene rings is 1. The van der Waals surface area contributed by atoms with Crippen LogP contribution < -0.4 is 0 Å². The number of carbonyl (C=O) groups is 1. The van der Waals surface area contributed by atoms with E-state index in [1.54, 1.807) is 12.1 Å². The van der Waals surface area contributed by atoms with Crippen molar-refractivity contribution >= 4 is 5.97 Å². The summed E-state index contributed by atoms with van der Waals surface area (Å²) < 4.78 is 5.31. The first-order valence-electron chi connectivity index (χ1n) is 11.7. The lowest BCUT2D eigenvalue weighted by Crippen LogP contribution is -2.06. The van der Waals surface area contributed by atoms with Crippen LogP contribution in [-0.4, -0.2) is 17.7 Å². The van der Waals surface area contributed by atoms with Gasteiger partial charge in [0.2, 0.25) is 0 Å². The maximum atomic E-state index is 11.7. The first-order chi connectivity index (χ1) is 13.7. The minimum atomic E-state index is -0.0613. The van der Waals surface area contributed by atoms with Crippen molar-refractivity contribution in [3.8, 4) is 5.75 Å². The molecule has 0 aromatic heterocycles. The van der Waals surface area contributed by atoms with Crippen molar-refractivity contribution in [3.05, 3.63) is 29.8 Å². The zero-order chi connectivity index (χ0) is 20.3. The largest absolute Gasteiger partial charge is 0.508 e. The number of esters is 1. The molecule has 0 fully saturated rings. The van der Waals surface area contributed by atoms with Gasteiger partial charge in [0.15, 0.2) is 0 Å². The molecule has 0 saturated carbocycles. The number of phenols is 1. The van der Waals surface area contributed by atoms with Crippen LogP contribution in [0, 0.1) is 0 Å². The molecule has 1 aromatic carbocycles. The maximum absolute atomic E-state index is 11.7. The summed E-state index contributed by atoms with van der Waals surface area (Å²) in [6.45, 7) is 2.75. The van der Waals surface area contributed by atoms with Gasteiger partial charge in [0, 0.05) is 6.42 Å². The van der Waals surface area contributed by atoms with Crippen molar-refractivity contribution in [3.63, 3.8) is 0 Å². The minimum Gasteiger partial charge on any atom is -0.508 e. The number of rotatable bonds is 18. The quantitative estimate of drug-likeness (QED) is 0.210. The average Bonchev–Trinajstić information content (AvgIpc) is 2.70. The Labute approximate surface area is 172 Å². The van der Waals surface area contributed by atoms with Gasteiger partial charge < -0.3 is 9.84 Å². The molecule has 0 radical (unpaired) electrons. The summed E-state index contributed by atoms with van der Waals surface area (Å²) in [5.41, 5.74) is 1.16. The van der Waals surface area contributed by atoms with Gasteiger partial charge in [-0.3, -0.25) is 4.79 Å². The smallest absolute Gasteiger partial charge is 0.305 e. The Hall–Kier alpha value is -1.51. The third-order valence-corrected chi connectivity index (χ3v) is 5.29. The lowest BCUT2D eigenvalue weighted by Gasteiger charge is -2.06. The van der Waals surface area contributed by atoms with Crippen LogP contribution in [0.1, 0.15) is 109 Å². The molecule has 1 rings (SSSR count). The van der Waals surface area contributed by atoms with Gasteiger partial charge in [-0.05, 0) is 37.0 Å². The van der Waals surface area contributed by atoms with Crippen molar-refractivity contribution < 1.29 is 14.6 Å². The second-order valence-electron chi connectivity index (χ2n) is 7.98. The van der Waals surface area contributed by atoms with Crippen LogP contribution in [0.2, 0.25) is 0 Å². The molecular formula is C25H42O3. The molecule has 3 nitrogen and oxygen atoms in total. The van der Waals surface area contributed by atoms with Crippen molar-refractivity contribution in [2.45, 2.75) is 110 Å². The molecule has 1 aromatic rings. The highest BCUT2D eigenvalue weighted by molar-refractivity contribution is 5.69. The Balaban J connectivity index is 1.81. The lowest BCUT2D eigenvalue weighted by molar-refractivity contribution is -0.143. The van der Waals surface area contributed by atoms with Crippen molar-refractivity contribution in [2.75, 3.05) is 6.61 Å². The molecule has 0 atom stereocenters. The fraction of sp³-hybridized carbons (Fsp3) is 0.720. The minimum absolute atomic E-state index is 0.0613. The maximum Gasteiger partial charge on any atom is 0.305 e. The first-order valence-corrected chi connectivity index (χ1v) is 11.7. The summed E-state index contributed by atoms with van der Waals surface area (Å²) >= 11 is 0. The molecular weight excluding hydrogens is 348 g/mol. The fourth-order valence-electron chi connectivity index (χ4n) is 3.48. The molecule has 0 unspecified atom stereocenters. The van der Waals surface area contributed by atoms with E-state index in [1.165, 1.54) is 70.6 Å². The highest BCUT2D eigenvalue weighted by Gasteiger charge is 2.03. The van der Waals surface area contributed by atoms with Gasteiger partial charge in [-0.15, -0.1) is 0 Å². The lowest BCUT2D eigenvalue weighted by atomic mass is 10.0. The number of unbranched alkanes of at least 4 members (excludes halogenated alkanes) is 12. The highest BCUT2D eigenvalue weighted by Crippen LogP contribution is 2.13. The highest BCUT2D eigenvalue weighted by atomic mass is 16.5. The number of phenolic OH excluding ortho intramolecular Hbond substituents is 1. The fourth-order valence-corrected chi connectivity index (χ4v) is 3.48. The molecule has 0 heterocycles. The molecule has 0 aliphatic carbocycles. The zero-order valence-corrected chi connectivity index (χ0v) is 18.1. The van der Waals surface area contributed by atoms with E-state index in [-0.39, 0.29) is 11.7 Å². The predicted octanol–water partition coefficient (Wildman–Crippen LogP) is 7.35. The Morgan fingerprint density at radius 1 is 0.750 bits per heavy atom. The molecule has 3 heteroatoms. The first kappa shape index (κ1) is 24.5. The Morgan fingerprint density at radius 3 is 1.79 bits per heavy atom. The van der Waals surface area contributed by atoms with E-state index in [4.69, 9.17) is 4.74 Å². The number of carbonyl (C=O) groups excluding carboxylic acids is 1. The van der Waals surface area contributed by atoms with Crippen LogP contribution >= 0.6 is 0 Å². The van der Waals surface area contributed by atoms with Crippen molar-refractivity contribution in [1.29, 1.82) is 0 Å². The third kappa shape index (κ3) is 14.5. The van der Waals surface area contributed by atoms with Crippen LogP contribution in [0.3, 0.4) is 0 Å². The van der Waals surface area contributed by atoms with E-state index in [0.29, 0.717) is 13.0 Å². The van der Waals surface area contributed by atoms with Gasteiger partial charge in [0.25, 0.3) is 0 Å². The number of aryl methyl sites for hydroxylation is 1. The summed E-state index contributed by atoms with van der Waals surface area (Å²) in [6, 6.07) is 7.20. The molecule has 0 saturated heterocycles. The molecule has 0 aliphatic heterocycles. The summed E-state index contributed by atoms with van der Waals surface area (Å²) in [5.74, 6) is 0.224. The Morgan fingerprint density at radius 2 is 1.25 bits per heavy atom. The van der Waals surface area contributed by atoms with Crippen LogP contribution in [-0.2, 0) is 16.0 Å². The summed E-state index contributed by atoms with van der Waals surface area (Å²) in [5, 5.41) is 9.25. The summed E-state index contributed by atoms with van der Waals surface area (Å²) in [4.78, 5) is 11.7. The molecule has 0 aliphatic rings. The van der Waals surface area contributed by atoms with Gasteiger partial charge in [0.1, 0.15) is 5.75 Å². The van der Waals surface area contributed by atoms with Gasteiger partial charge in [0.05, 0.1) is 6.61 Å². The van der Waals surface area contributed by atoms with Gasteiger partial charge in [-0.1, -0.05) is 96.1 Å². The number of hydrogen-bond donors (Lipinski definition) is 1. The van der Waals surface area contributed by atoms with Gasteiger partial charge >= 0.3 is 5.97 Å². The van der Waals surface area contributed by atoms with Crippen LogP contribution in [0.5, 0.6) is 5.75 Å². The van der Waals surface area contributed by atoms with Gasteiger partial charge in [-0.25, -0.2) is 0 Å². The molecule has 160 valence electrons. The average molecular weight is 391 g/mol. The van der Waals surface area contributed by atoms with E-state index in [2.05, 4.69) is 6.92 Å². The monoisotopic (exact) mass is 390 g/mol. The van der Waals surface area contributed by atoms with Crippen LogP contribution in [0.25, 0.3) is 0 Å². The van der Waals surface area contributed by atoms with E-state index in [1.807, 2.05) is 12.1 Å². The second kappa shape index (κ2) is 17.6. The molecule has 0 amide bonds. The topological polar surface area (TPSA) is 46.5 Å². The van der Waals surface area contributed by atoms with Crippen molar-refractivity contribution in [2.24, 2.45) is 0 Å².